The predicted octanol–water partition coefficient (Wildman–Crippen LogP) is 2.88. The van der Waals surface area contributed by atoms with E-state index in [4.69, 9.17) is 9.84 Å². The van der Waals surface area contributed by atoms with Gasteiger partial charge in [-0.25, -0.2) is 19.2 Å². The van der Waals surface area contributed by atoms with Gasteiger partial charge in [-0.1, -0.05) is 12.1 Å². The molecule has 0 bridgehead atoms. The molecule has 0 radical (unpaired) electrons. The van der Waals surface area contributed by atoms with Crippen molar-refractivity contribution in [1.29, 1.82) is 0 Å². The lowest BCUT2D eigenvalue weighted by atomic mass is 10.00. The first-order chi connectivity index (χ1) is 22.6. The summed E-state index contributed by atoms with van der Waals surface area (Å²) < 4.78 is 6.77. The molecule has 4 N–H and O–H groups in total. The number of carboxylic acid groups (broad SMARTS) is 1. The lowest BCUT2D eigenvalue weighted by Crippen LogP contribution is -2.54. The Hall–Kier alpha value is -4.66. The van der Waals surface area contributed by atoms with Crippen LogP contribution in [0.15, 0.2) is 41.3 Å². The molecule has 4 rings (SSSR count). The Labute approximate surface area is 280 Å². The summed E-state index contributed by atoms with van der Waals surface area (Å²) in [5.74, 6) is -0.0683. The van der Waals surface area contributed by atoms with Gasteiger partial charge < -0.3 is 35.2 Å². The molecule has 2 saturated heterocycles. The number of aromatic nitrogens is 2. The highest BCUT2D eigenvalue weighted by atomic mass is 16.6. The first-order valence-electron chi connectivity index (χ1n) is 16.3. The van der Waals surface area contributed by atoms with Crippen molar-refractivity contribution in [3.8, 4) is 5.69 Å². The summed E-state index contributed by atoms with van der Waals surface area (Å²) in [6.45, 7) is 12.7. The number of ether oxygens (including phenoxy) is 1. The minimum absolute atomic E-state index is 0.00535. The van der Waals surface area contributed by atoms with Crippen molar-refractivity contribution in [2.75, 3.05) is 51.1 Å². The summed E-state index contributed by atoms with van der Waals surface area (Å²) in [4.78, 5) is 70.9. The standard InChI is InChI=1S/C33H48N8O7/c1-32(2,3)48-31(47)34-24-11-15-38(16-12-24)14-10-23-6-8-25(9-7-23)41-17-13-26(36-29(41)44)35-28(43)40-20-18-39(19-21-40)27(42)22-33(4,5)37-30(45)46/h6-9,13,17,24,37H,10-12,14-16,18-22H2,1-5H3,(H,34,47)(H,45,46)(H,35,36,43,44). The number of benzene rings is 1. The van der Waals surface area contributed by atoms with Crippen LogP contribution in [0.25, 0.3) is 5.69 Å². The van der Waals surface area contributed by atoms with Gasteiger partial charge in [0.05, 0.1) is 5.69 Å². The molecular formula is C33H48N8O7. The van der Waals surface area contributed by atoms with Gasteiger partial charge in [0.2, 0.25) is 5.91 Å². The highest BCUT2D eigenvalue weighted by Crippen LogP contribution is 2.16. The molecule has 48 heavy (non-hydrogen) atoms. The third-order valence-corrected chi connectivity index (χ3v) is 8.24. The number of carbonyl (C=O) groups excluding carboxylic acids is 3. The van der Waals surface area contributed by atoms with Crippen LogP contribution in [-0.2, 0) is 16.0 Å². The van der Waals surface area contributed by atoms with E-state index in [9.17, 15) is 24.0 Å². The number of rotatable bonds is 9. The second kappa shape index (κ2) is 15.5. The number of nitrogens with zero attached hydrogens (tertiary/aromatic N) is 5. The van der Waals surface area contributed by atoms with Gasteiger partial charge in [0.15, 0.2) is 0 Å². The Balaban J connectivity index is 1.21. The van der Waals surface area contributed by atoms with Crippen LogP contribution >= 0.6 is 0 Å². The van der Waals surface area contributed by atoms with Crippen molar-refractivity contribution >= 4 is 29.9 Å². The second-order valence-electron chi connectivity index (χ2n) is 13.9. The average Bonchev–Trinajstić information content (AvgIpc) is 2.99. The quantitative estimate of drug-likeness (QED) is 0.313. The van der Waals surface area contributed by atoms with E-state index < -0.39 is 29.0 Å². The Kier molecular flexibility index (Phi) is 11.7. The second-order valence-corrected chi connectivity index (χ2v) is 13.9. The van der Waals surface area contributed by atoms with E-state index >= 15 is 0 Å². The van der Waals surface area contributed by atoms with Crippen LogP contribution in [0.3, 0.4) is 0 Å². The SMILES string of the molecule is CC(C)(CC(=O)N1CCN(C(=O)Nc2ccn(-c3ccc(CCN4CCC(NC(=O)OC(C)(C)C)CC4)cc3)c(=O)n2)CC1)NC(=O)O. The summed E-state index contributed by atoms with van der Waals surface area (Å²) in [5, 5.41) is 16.9. The monoisotopic (exact) mass is 668 g/mol. The van der Waals surface area contributed by atoms with E-state index in [2.05, 4.69) is 25.8 Å². The molecule has 0 saturated carbocycles. The van der Waals surface area contributed by atoms with Crippen molar-refractivity contribution < 1.29 is 29.0 Å². The number of likely N-dealkylation sites (tertiary alicyclic amines) is 1. The summed E-state index contributed by atoms with van der Waals surface area (Å²) >= 11 is 0. The number of amides is 5. The molecular weight excluding hydrogens is 620 g/mol. The summed E-state index contributed by atoms with van der Waals surface area (Å²) in [7, 11) is 0. The fourth-order valence-corrected chi connectivity index (χ4v) is 5.73. The van der Waals surface area contributed by atoms with Gasteiger partial charge in [-0.3, -0.25) is 14.7 Å². The van der Waals surface area contributed by atoms with Crippen LogP contribution in [0.5, 0.6) is 0 Å². The fraction of sp³-hybridized carbons (Fsp3) is 0.576. The zero-order valence-corrected chi connectivity index (χ0v) is 28.5. The van der Waals surface area contributed by atoms with Crippen molar-refractivity contribution in [2.24, 2.45) is 0 Å². The van der Waals surface area contributed by atoms with Gasteiger partial charge in [-0.05, 0) is 77.6 Å². The fourth-order valence-electron chi connectivity index (χ4n) is 5.73. The van der Waals surface area contributed by atoms with Crippen LogP contribution < -0.4 is 21.6 Å². The number of piperidine rings is 1. The van der Waals surface area contributed by atoms with Gasteiger partial charge >= 0.3 is 23.9 Å². The Bertz CT molecular complexity index is 1500. The molecule has 5 amide bonds. The third kappa shape index (κ3) is 11.0. The molecule has 0 aliphatic carbocycles. The number of nitrogens with one attached hydrogen (secondary N) is 3. The normalized spacial score (nSPS) is 16.3. The molecule has 262 valence electrons. The average molecular weight is 669 g/mol. The van der Waals surface area contributed by atoms with Crippen molar-refractivity contribution in [3.05, 3.63) is 52.6 Å². The topological polar surface area (TPSA) is 178 Å². The molecule has 1 aromatic carbocycles. The van der Waals surface area contributed by atoms with Crippen LogP contribution in [0, 0.1) is 0 Å². The lowest BCUT2D eigenvalue weighted by molar-refractivity contribution is -0.133. The van der Waals surface area contributed by atoms with Gasteiger partial charge in [0.25, 0.3) is 0 Å². The third-order valence-electron chi connectivity index (χ3n) is 8.24. The summed E-state index contributed by atoms with van der Waals surface area (Å²) in [5.41, 5.74) is -0.156. The number of hydrogen-bond donors (Lipinski definition) is 4. The van der Waals surface area contributed by atoms with E-state index in [0.29, 0.717) is 18.8 Å². The Morgan fingerprint density at radius 2 is 1.54 bits per heavy atom. The summed E-state index contributed by atoms with van der Waals surface area (Å²) in [6, 6.07) is 8.97. The van der Waals surface area contributed by atoms with Gasteiger partial charge in [-0.15, -0.1) is 0 Å². The highest BCUT2D eigenvalue weighted by Gasteiger charge is 2.30. The van der Waals surface area contributed by atoms with Gasteiger partial charge in [0, 0.05) is 70.0 Å². The molecule has 15 nitrogen and oxygen atoms in total. The van der Waals surface area contributed by atoms with Gasteiger partial charge in [0.1, 0.15) is 11.4 Å². The largest absolute Gasteiger partial charge is 0.465 e. The van der Waals surface area contributed by atoms with E-state index in [1.165, 1.54) is 4.57 Å². The molecule has 2 aromatic rings. The minimum atomic E-state index is -1.19. The number of carbonyl (C=O) groups is 4. The maximum atomic E-state index is 12.8. The van der Waals surface area contributed by atoms with Crippen LogP contribution in [-0.4, -0.2) is 116 Å². The molecule has 1 aromatic heterocycles. The van der Waals surface area contributed by atoms with E-state index in [1.807, 2.05) is 45.0 Å². The molecule has 0 atom stereocenters. The maximum absolute atomic E-state index is 12.8. The number of piperazine rings is 1. The molecule has 2 aliphatic heterocycles. The molecule has 2 fully saturated rings. The number of anilines is 1. The first-order valence-corrected chi connectivity index (χ1v) is 16.3. The van der Waals surface area contributed by atoms with Crippen LogP contribution in [0.2, 0.25) is 0 Å². The molecule has 0 spiro atoms. The highest BCUT2D eigenvalue weighted by molar-refractivity contribution is 5.88. The van der Waals surface area contributed by atoms with E-state index in [0.717, 1.165) is 44.5 Å². The zero-order valence-electron chi connectivity index (χ0n) is 28.5. The van der Waals surface area contributed by atoms with Crippen molar-refractivity contribution in [2.45, 2.75) is 77.5 Å². The molecule has 3 heterocycles. The number of alkyl carbamates (subject to hydrolysis) is 1. The van der Waals surface area contributed by atoms with Crippen LogP contribution in [0.1, 0.15) is 59.4 Å². The Morgan fingerprint density at radius 3 is 2.12 bits per heavy atom. The predicted molar refractivity (Wildman–Crippen MR) is 179 cm³/mol. The summed E-state index contributed by atoms with van der Waals surface area (Å²) in [6.07, 6.45) is 2.61. The van der Waals surface area contributed by atoms with E-state index in [-0.39, 0.29) is 43.4 Å². The van der Waals surface area contributed by atoms with Crippen LogP contribution in [0.4, 0.5) is 20.2 Å². The molecule has 2 aliphatic rings. The molecule has 0 unspecified atom stereocenters. The van der Waals surface area contributed by atoms with Crippen molar-refractivity contribution in [3.63, 3.8) is 0 Å². The smallest absolute Gasteiger partial charge is 0.407 e. The zero-order chi connectivity index (χ0) is 35.1. The lowest BCUT2D eigenvalue weighted by Gasteiger charge is -2.36. The number of hydrogen-bond acceptors (Lipinski definition) is 8. The Morgan fingerprint density at radius 1 is 0.917 bits per heavy atom. The van der Waals surface area contributed by atoms with Crippen molar-refractivity contribution in [1.82, 2.24) is 34.9 Å². The first kappa shape index (κ1) is 36.2. The minimum Gasteiger partial charge on any atom is -0.465 e. The van der Waals surface area contributed by atoms with E-state index in [1.54, 1.807) is 35.9 Å². The molecule has 15 heteroatoms. The van der Waals surface area contributed by atoms with Gasteiger partial charge in [-0.2, -0.15) is 4.98 Å². The maximum Gasteiger partial charge on any atom is 0.407 e. The number of urea groups is 1.